The lowest BCUT2D eigenvalue weighted by molar-refractivity contribution is -0.125. The largest absolute Gasteiger partial charge is 0.495 e. The van der Waals surface area contributed by atoms with Crippen molar-refractivity contribution >= 4 is 29.1 Å². The zero-order valence-corrected chi connectivity index (χ0v) is 11.5. The van der Waals surface area contributed by atoms with Crippen LogP contribution in [0.4, 0.5) is 5.69 Å². The molecule has 1 aliphatic rings. The summed E-state index contributed by atoms with van der Waals surface area (Å²) >= 11 is 5.95. The molecule has 2 amide bonds. The summed E-state index contributed by atoms with van der Waals surface area (Å²) in [5.41, 5.74) is 0.603. The maximum Gasteiger partial charge on any atom is 0.227 e. The van der Waals surface area contributed by atoms with E-state index in [1.54, 1.807) is 30.1 Å². The van der Waals surface area contributed by atoms with Crippen LogP contribution in [0.5, 0.6) is 5.75 Å². The fourth-order valence-corrected chi connectivity index (χ4v) is 2.36. The summed E-state index contributed by atoms with van der Waals surface area (Å²) in [6.45, 7) is 0.342. The summed E-state index contributed by atoms with van der Waals surface area (Å²) in [7, 11) is 3.10. The Morgan fingerprint density at radius 1 is 1.53 bits per heavy atom. The lowest BCUT2D eigenvalue weighted by Crippen LogP contribution is -2.30. The number of methoxy groups -OCH3 is 1. The van der Waals surface area contributed by atoms with Crippen molar-refractivity contribution in [3.63, 3.8) is 0 Å². The maximum atomic E-state index is 12.0. The van der Waals surface area contributed by atoms with Gasteiger partial charge < -0.3 is 15.0 Å². The molecule has 0 bridgehead atoms. The van der Waals surface area contributed by atoms with E-state index in [4.69, 9.17) is 16.3 Å². The van der Waals surface area contributed by atoms with E-state index in [1.165, 1.54) is 7.11 Å². The van der Waals surface area contributed by atoms with Gasteiger partial charge in [-0.25, -0.2) is 0 Å². The number of nitrogens with zero attached hydrogens (tertiary/aromatic N) is 1. The van der Waals surface area contributed by atoms with Gasteiger partial charge in [0.2, 0.25) is 11.8 Å². The summed E-state index contributed by atoms with van der Waals surface area (Å²) in [5.74, 6) is 0.00232. The number of amides is 2. The van der Waals surface area contributed by atoms with Gasteiger partial charge in [0, 0.05) is 25.0 Å². The third-order valence-electron chi connectivity index (χ3n) is 3.17. The number of nitrogens with one attached hydrogen (secondary N) is 1. The molecule has 1 heterocycles. The van der Waals surface area contributed by atoms with E-state index in [0.717, 1.165) is 0 Å². The summed E-state index contributed by atoms with van der Waals surface area (Å²) in [6.07, 6.45) is 0.204. The predicted octanol–water partition coefficient (Wildman–Crippen LogP) is 1.45. The molecule has 19 heavy (non-hydrogen) atoms. The second-order valence-corrected chi connectivity index (χ2v) is 4.77. The van der Waals surface area contributed by atoms with Crippen molar-refractivity contribution in [2.45, 2.75) is 6.42 Å². The summed E-state index contributed by atoms with van der Waals surface area (Å²) in [5, 5.41) is 3.08. The molecule has 6 heteroatoms. The quantitative estimate of drug-likeness (QED) is 0.913. The van der Waals surface area contributed by atoms with Gasteiger partial charge in [-0.2, -0.15) is 0 Å². The van der Waals surface area contributed by atoms with Crippen molar-refractivity contribution in [1.29, 1.82) is 0 Å². The van der Waals surface area contributed by atoms with E-state index in [9.17, 15) is 9.59 Å². The van der Waals surface area contributed by atoms with Crippen LogP contribution in [0.2, 0.25) is 5.02 Å². The van der Waals surface area contributed by atoms with Gasteiger partial charge in [-0.05, 0) is 18.2 Å². The molecule has 1 aliphatic heterocycles. The van der Waals surface area contributed by atoms with Crippen LogP contribution >= 0.6 is 11.6 Å². The van der Waals surface area contributed by atoms with Crippen LogP contribution in [0.25, 0.3) is 0 Å². The average molecular weight is 283 g/mol. The maximum absolute atomic E-state index is 12.0. The number of halogens is 1. The summed E-state index contributed by atoms with van der Waals surface area (Å²) in [6, 6.07) is 5.07. The van der Waals surface area contributed by atoms with Gasteiger partial charge in [0.1, 0.15) is 5.75 Å². The van der Waals surface area contributed by atoms with E-state index in [2.05, 4.69) is 5.32 Å². The molecule has 1 N–H and O–H groups in total. The minimum atomic E-state index is -0.332. The first kappa shape index (κ1) is 13.7. The van der Waals surface area contributed by atoms with Crippen LogP contribution in [0.1, 0.15) is 6.42 Å². The second kappa shape index (κ2) is 5.48. The van der Waals surface area contributed by atoms with Crippen LogP contribution in [0.15, 0.2) is 18.2 Å². The molecule has 102 valence electrons. The van der Waals surface area contributed by atoms with Gasteiger partial charge in [-0.15, -0.1) is 0 Å². The number of rotatable bonds is 3. The van der Waals surface area contributed by atoms with Gasteiger partial charge >= 0.3 is 0 Å². The highest BCUT2D eigenvalue weighted by Crippen LogP contribution is 2.35. The Morgan fingerprint density at radius 2 is 2.26 bits per heavy atom. The number of ether oxygens (including phenoxy) is 1. The molecule has 0 radical (unpaired) electrons. The number of hydrogen-bond acceptors (Lipinski definition) is 3. The normalized spacial score (nSPS) is 18.6. The SMILES string of the molecule is CNC(=O)C1CC(=O)N(c2cc(Cl)ccc2OC)C1. The molecule has 1 aromatic rings. The lowest BCUT2D eigenvalue weighted by Gasteiger charge is -2.19. The molecular formula is C13H15ClN2O3. The van der Waals surface area contributed by atoms with Crippen LogP contribution in [-0.4, -0.2) is 32.5 Å². The van der Waals surface area contributed by atoms with Crippen molar-refractivity contribution in [1.82, 2.24) is 5.32 Å². The number of hydrogen-bond donors (Lipinski definition) is 1. The Labute approximate surface area is 116 Å². The third-order valence-corrected chi connectivity index (χ3v) is 3.41. The van der Waals surface area contributed by atoms with Crippen LogP contribution in [-0.2, 0) is 9.59 Å². The first-order valence-electron chi connectivity index (χ1n) is 5.92. The lowest BCUT2D eigenvalue weighted by atomic mass is 10.1. The average Bonchev–Trinajstić information content (AvgIpc) is 2.79. The molecule has 0 aromatic heterocycles. The van der Waals surface area contributed by atoms with Crippen LogP contribution in [0, 0.1) is 5.92 Å². The molecule has 1 atom stereocenters. The van der Waals surface area contributed by atoms with E-state index in [0.29, 0.717) is 23.0 Å². The van der Waals surface area contributed by atoms with Gasteiger partial charge in [-0.3, -0.25) is 9.59 Å². The Kier molecular flexibility index (Phi) is 3.95. The molecule has 0 spiro atoms. The molecule has 1 unspecified atom stereocenters. The zero-order valence-electron chi connectivity index (χ0n) is 10.8. The molecular weight excluding hydrogens is 268 g/mol. The Hall–Kier alpha value is -1.75. The first-order valence-corrected chi connectivity index (χ1v) is 6.30. The van der Waals surface area contributed by atoms with Gasteiger partial charge in [0.15, 0.2) is 0 Å². The topological polar surface area (TPSA) is 58.6 Å². The first-order chi connectivity index (χ1) is 9.06. The Bertz CT molecular complexity index is 519. The van der Waals surface area contributed by atoms with E-state index >= 15 is 0 Å². The second-order valence-electron chi connectivity index (χ2n) is 4.34. The van der Waals surface area contributed by atoms with Crippen molar-refractivity contribution in [3.8, 4) is 5.75 Å². The van der Waals surface area contributed by atoms with Crippen molar-refractivity contribution in [3.05, 3.63) is 23.2 Å². The van der Waals surface area contributed by atoms with Gasteiger partial charge in [-0.1, -0.05) is 11.6 Å². The number of carbonyl (C=O) groups is 2. The fourth-order valence-electron chi connectivity index (χ4n) is 2.19. The third kappa shape index (κ3) is 2.66. The van der Waals surface area contributed by atoms with E-state index in [-0.39, 0.29) is 24.2 Å². The van der Waals surface area contributed by atoms with Crippen LogP contribution in [0.3, 0.4) is 0 Å². The molecule has 0 saturated carbocycles. The Morgan fingerprint density at radius 3 is 2.89 bits per heavy atom. The number of carbonyl (C=O) groups excluding carboxylic acids is 2. The molecule has 1 aromatic carbocycles. The van der Waals surface area contributed by atoms with Gasteiger partial charge in [0.25, 0.3) is 0 Å². The van der Waals surface area contributed by atoms with Crippen molar-refractivity contribution in [2.24, 2.45) is 5.92 Å². The highest BCUT2D eigenvalue weighted by atomic mass is 35.5. The molecule has 2 rings (SSSR count). The summed E-state index contributed by atoms with van der Waals surface area (Å²) in [4.78, 5) is 25.2. The van der Waals surface area contributed by atoms with Crippen LogP contribution < -0.4 is 15.0 Å². The molecule has 5 nitrogen and oxygen atoms in total. The number of benzene rings is 1. The predicted molar refractivity (Wildman–Crippen MR) is 72.5 cm³/mol. The highest BCUT2D eigenvalue weighted by molar-refractivity contribution is 6.31. The smallest absolute Gasteiger partial charge is 0.227 e. The molecule has 0 aliphatic carbocycles. The minimum absolute atomic E-state index is 0.103. The Balaban J connectivity index is 2.30. The fraction of sp³-hybridized carbons (Fsp3) is 0.385. The van der Waals surface area contributed by atoms with Gasteiger partial charge in [0.05, 0.1) is 18.7 Å². The zero-order chi connectivity index (χ0) is 14.0. The monoisotopic (exact) mass is 282 g/mol. The van der Waals surface area contributed by atoms with Crippen molar-refractivity contribution < 1.29 is 14.3 Å². The molecule has 1 saturated heterocycles. The van der Waals surface area contributed by atoms with Crippen molar-refractivity contribution in [2.75, 3.05) is 25.6 Å². The van der Waals surface area contributed by atoms with E-state index < -0.39 is 0 Å². The number of anilines is 1. The summed E-state index contributed by atoms with van der Waals surface area (Å²) < 4.78 is 5.23. The minimum Gasteiger partial charge on any atom is -0.495 e. The highest BCUT2D eigenvalue weighted by Gasteiger charge is 2.35. The van der Waals surface area contributed by atoms with E-state index in [1.807, 2.05) is 0 Å². The molecule has 1 fully saturated rings. The standard InChI is InChI=1S/C13H15ClN2O3/c1-15-13(18)8-5-12(17)16(7-8)10-6-9(14)3-4-11(10)19-2/h3-4,6,8H,5,7H2,1-2H3,(H,15,18).